The summed E-state index contributed by atoms with van der Waals surface area (Å²) in [6, 6.07) is 5.65. The van der Waals surface area contributed by atoms with Crippen molar-refractivity contribution in [2.75, 3.05) is 31.2 Å². The molecule has 0 aliphatic carbocycles. The van der Waals surface area contributed by atoms with Gasteiger partial charge in [0.15, 0.2) is 0 Å². The molecule has 3 aliphatic rings. The third-order valence-electron chi connectivity index (χ3n) is 9.91. The second kappa shape index (κ2) is 13.4. The Balaban J connectivity index is 1.82. The van der Waals surface area contributed by atoms with E-state index in [9.17, 15) is 19.5 Å². The Hall–Kier alpha value is -3.17. The summed E-state index contributed by atoms with van der Waals surface area (Å²) in [5.41, 5.74) is -1.46. The number of anilines is 1. The molecular weight excluding hydrogens is 558 g/mol. The molecule has 0 radical (unpaired) electrons. The lowest BCUT2D eigenvalue weighted by molar-refractivity contribution is -0.157. The molecule has 2 bridgehead atoms. The first kappa shape index (κ1) is 33.7. The minimum absolute atomic E-state index is 0.0844. The molecule has 1 aromatic rings. The van der Waals surface area contributed by atoms with Crippen LogP contribution >= 0.6 is 0 Å². The average Bonchev–Trinajstić information content (AvgIpc) is 3.56. The zero-order valence-electron chi connectivity index (χ0n) is 27.3. The number of likely N-dealkylation sites (tertiary alicyclic amines) is 1. The van der Waals surface area contributed by atoms with Gasteiger partial charge in [0.1, 0.15) is 17.4 Å². The maximum absolute atomic E-state index is 14.7. The third-order valence-corrected chi connectivity index (χ3v) is 9.91. The quantitative estimate of drug-likeness (QED) is 0.292. The Morgan fingerprint density at radius 1 is 1.11 bits per heavy atom. The SMILES string of the molecule is C=CCN(C(=O)[C@@H]1[C@H]2C(=O)N([C@@H](CO)C(C)C)C(C(=O)N(CC=C)C(C)CCC)C23CC[C@@]1(C)O3)c1ccc(OCC)cc1. The van der Waals surface area contributed by atoms with Gasteiger partial charge in [-0.2, -0.15) is 0 Å². The number of ether oxygens (including phenoxy) is 2. The minimum atomic E-state index is -1.18. The zero-order valence-corrected chi connectivity index (χ0v) is 27.3. The summed E-state index contributed by atoms with van der Waals surface area (Å²) in [5.74, 6) is -1.86. The molecule has 3 unspecified atom stereocenters. The Labute approximate surface area is 262 Å². The van der Waals surface area contributed by atoms with Crippen LogP contribution in [0.25, 0.3) is 0 Å². The standard InChI is InChI=1S/C35H51N3O6/c1-9-13-24(7)36(20-10-2)33(42)30-35-19-18-34(8,44-35)28(29(35)32(41)38(30)27(22-39)23(5)6)31(40)37(21-11-3)25-14-16-26(17-15-25)43-12-4/h10-11,14-17,23-24,27-30,39H,2-3,9,12-13,18-22H2,1,4-8H3/t24?,27-,28-,29-,30?,34+,35?/m0/s1. The van der Waals surface area contributed by atoms with Crippen LogP contribution in [0.3, 0.4) is 0 Å². The molecule has 1 N–H and O–H groups in total. The molecular formula is C35H51N3O6. The van der Waals surface area contributed by atoms with E-state index in [1.165, 1.54) is 0 Å². The highest BCUT2D eigenvalue weighted by Gasteiger charge is 2.79. The van der Waals surface area contributed by atoms with Gasteiger partial charge in [0, 0.05) is 24.8 Å². The fourth-order valence-electron chi connectivity index (χ4n) is 7.86. The van der Waals surface area contributed by atoms with E-state index in [4.69, 9.17) is 9.47 Å². The predicted octanol–water partition coefficient (Wildman–Crippen LogP) is 4.59. The number of carbonyl (C=O) groups excluding carboxylic acids is 3. The van der Waals surface area contributed by atoms with Crippen molar-refractivity contribution in [3.63, 3.8) is 0 Å². The van der Waals surface area contributed by atoms with E-state index >= 15 is 0 Å². The van der Waals surface area contributed by atoms with Crippen molar-refractivity contribution in [2.24, 2.45) is 17.8 Å². The average molecular weight is 610 g/mol. The smallest absolute Gasteiger partial charge is 0.248 e. The number of carbonyl (C=O) groups is 3. The predicted molar refractivity (Wildman–Crippen MR) is 171 cm³/mol. The van der Waals surface area contributed by atoms with Gasteiger partial charge in [0.2, 0.25) is 17.7 Å². The molecule has 3 heterocycles. The molecule has 9 nitrogen and oxygen atoms in total. The van der Waals surface area contributed by atoms with Gasteiger partial charge in [-0.1, -0.05) is 39.3 Å². The van der Waals surface area contributed by atoms with Crippen LogP contribution in [0.5, 0.6) is 5.75 Å². The topological polar surface area (TPSA) is 99.6 Å². The molecule has 3 amide bonds. The number of amides is 3. The third kappa shape index (κ3) is 5.58. The van der Waals surface area contributed by atoms with Gasteiger partial charge in [-0.05, 0) is 70.2 Å². The minimum Gasteiger partial charge on any atom is -0.494 e. The molecule has 4 rings (SSSR count). The van der Waals surface area contributed by atoms with Crippen LogP contribution in [0.1, 0.15) is 67.2 Å². The molecule has 1 aromatic carbocycles. The van der Waals surface area contributed by atoms with Gasteiger partial charge >= 0.3 is 0 Å². The monoisotopic (exact) mass is 609 g/mol. The van der Waals surface area contributed by atoms with Crippen molar-refractivity contribution in [2.45, 2.75) is 96.6 Å². The molecule has 0 aromatic heterocycles. The van der Waals surface area contributed by atoms with Gasteiger partial charge in [0.05, 0.1) is 36.7 Å². The number of benzene rings is 1. The summed E-state index contributed by atoms with van der Waals surface area (Å²) in [5, 5.41) is 10.6. The largest absolute Gasteiger partial charge is 0.494 e. The van der Waals surface area contributed by atoms with Crippen molar-refractivity contribution in [1.82, 2.24) is 9.80 Å². The molecule has 9 heteroatoms. The van der Waals surface area contributed by atoms with E-state index < -0.39 is 35.1 Å². The summed E-state index contributed by atoms with van der Waals surface area (Å²) in [7, 11) is 0. The molecule has 7 atom stereocenters. The lowest BCUT2D eigenvalue weighted by atomic mass is 9.66. The van der Waals surface area contributed by atoms with Gasteiger partial charge in [0.25, 0.3) is 0 Å². The molecule has 0 saturated carbocycles. The highest BCUT2D eigenvalue weighted by Crippen LogP contribution is 2.64. The van der Waals surface area contributed by atoms with E-state index in [1.54, 1.807) is 26.9 Å². The molecule has 1 spiro atoms. The fraction of sp³-hybridized carbons (Fsp3) is 0.629. The number of hydrogen-bond donors (Lipinski definition) is 1. The van der Waals surface area contributed by atoms with Gasteiger partial charge in [-0.3, -0.25) is 14.4 Å². The van der Waals surface area contributed by atoms with Crippen LogP contribution in [0.2, 0.25) is 0 Å². The summed E-state index contributed by atoms with van der Waals surface area (Å²) in [6.45, 7) is 20.3. The van der Waals surface area contributed by atoms with Crippen LogP contribution in [0.15, 0.2) is 49.6 Å². The molecule has 242 valence electrons. The van der Waals surface area contributed by atoms with Crippen LogP contribution in [0, 0.1) is 17.8 Å². The Bertz CT molecular complexity index is 1230. The van der Waals surface area contributed by atoms with E-state index in [1.807, 2.05) is 58.9 Å². The van der Waals surface area contributed by atoms with E-state index in [-0.39, 0.29) is 42.8 Å². The van der Waals surface area contributed by atoms with Crippen LogP contribution in [-0.2, 0) is 19.1 Å². The van der Waals surface area contributed by atoms with E-state index in [0.717, 1.165) is 12.8 Å². The zero-order chi connectivity index (χ0) is 32.4. The number of aliphatic hydroxyl groups is 1. The second-order valence-corrected chi connectivity index (χ2v) is 13.0. The number of aliphatic hydroxyl groups excluding tert-OH is 1. The summed E-state index contributed by atoms with van der Waals surface area (Å²) < 4.78 is 12.5. The van der Waals surface area contributed by atoms with Crippen molar-refractivity contribution in [3.8, 4) is 5.75 Å². The van der Waals surface area contributed by atoms with Crippen molar-refractivity contribution >= 4 is 23.4 Å². The van der Waals surface area contributed by atoms with Crippen molar-refractivity contribution in [1.29, 1.82) is 0 Å². The van der Waals surface area contributed by atoms with Crippen LogP contribution < -0.4 is 9.64 Å². The fourth-order valence-corrected chi connectivity index (χ4v) is 7.86. The number of nitrogens with zero attached hydrogens (tertiary/aromatic N) is 3. The number of fused-ring (bicyclic) bond motifs is 1. The van der Waals surface area contributed by atoms with Gasteiger partial charge in [-0.25, -0.2) is 0 Å². The maximum Gasteiger partial charge on any atom is 0.248 e. The Morgan fingerprint density at radius 2 is 1.77 bits per heavy atom. The van der Waals surface area contributed by atoms with E-state index in [0.29, 0.717) is 37.4 Å². The summed E-state index contributed by atoms with van der Waals surface area (Å²) >= 11 is 0. The highest BCUT2D eigenvalue weighted by atomic mass is 16.5. The van der Waals surface area contributed by atoms with Gasteiger partial charge in [-0.15, -0.1) is 13.2 Å². The second-order valence-electron chi connectivity index (χ2n) is 13.0. The molecule has 44 heavy (non-hydrogen) atoms. The molecule has 3 aliphatic heterocycles. The summed E-state index contributed by atoms with van der Waals surface area (Å²) in [6.07, 6.45) is 6.07. The van der Waals surface area contributed by atoms with Crippen LogP contribution in [-0.4, -0.2) is 88.3 Å². The molecule has 3 saturated heterocycles. The van der Waals surface area contributed by atoms with Crippen molar-refractivity contribution < 1.29 is 29.0 Å². The van der Waals surface area contributed by atoms with Gasteiger partial charge < -0.3 is 29.3 Å². The first-order valence-corrected chi connectivity index (χ1v) is 16.2. The first-order valence-electron chi connectivity index (χ1n) is 16.2. The lowest BCUT2D eigenvalue weighted by Gasteiger charge is -2.42. The normalized spacial score (nSPS) is 28.5. The Kier molecular flexibility index (Phi) is 10.3. The van der Waals surface area contributed by atoms with E-state index in [2.05, 4.69) is 20.1 Å². The number of hydrogen-bond acceptors (Lipinski definition) is 6. The molecule has 3 fully saturated rings. The Morgan fingerprint density at radius 3 is 2.32 bits per heavy atom. The maximum atomic E-state index is 14.7. The van der Waals surface area contributed by atoms with Crippen LogP contribution in [0.4, 0.5) is 5.69 Å². The summed E-state index contributed by atoms with van der Waals surface area (Å²) in [4.78, 5) is 49.0. The first-order chi connectivity index (χ1) is 21.0. The number of rotatable bonds is 15. The van der Waals surface area contributed by atoms with Crippen molar-refractivity contribution in [3.05, 3.63) is 49.6 Å². The lowest BCUT2D eigenvalue weighted by Crippen LogP contribution is -2.60. The highest BCUT2D eigenvalue weighted by molar-refractivity contribution is 6.03.